The molecular weight excluding hydrogens is 389 g/mol. The Morgan fingerprint density at radius 1 is 1.21 bits per heavy atom. The number of amides is 2. The number of rotatable bonds is 11. The Hall–Kier alpha value is -3.34. The number of hydrogen-bond donors (Lipinski definition) is 4. The van der Waals surface area contributed by atoms with E-state index in [4.69, 9.17) is 15.6 Å². The van der Waals surface area contributed by atoms with Crippen LogP contribution in [0.1, 0.15) is 25.3 Å². The third kappa shape index (κ3) is 7.30. The quantitative estimate of drug-likeness (QED) is 0.293. The zero-order valence-electron chi connectivity index (χ0n) is 15.6. The zero-order chi connectivity index (χ0) is 22.0. The van der Waals surface area contributed by atoms with E-state index in [2.05, 4.69) is 5.32 Å². The molecule has 0 fully saturated rings. The molecule has 158 valence electrons. The Kier molecular flexibility index (Phi) is 8.87. The van der Waals surface area contributed by atoms with Crippen molar-refractivity contribution in [2.24, 2.45) is 5.73 Å². The lowest BCUT2D eigenvalue weighted by molar-refractivity contribution is -0.144. The molecular formula is C18H22FN3O7. The average Bonchev–Trinajstić information content (AvgIpc) is 2.70. The minimum atomic E-state index is -2.07. The first-order valence-electron chi connectivity index (χ1n) is 8.56. The maximum atomic E-state index is 12.5. The molecule has 10 nitrogen and oxygen atoms in total. The fraction of sp³-hybridized carbons (Fsp3) is 0.389. The van der Waals surface area contributed by atoms with Gasteiger partial charge in [-0.05, 0) is 12.0 Å². The van der Waals surface area contributed by atoms with Crippen LogP contribution in [0.4, 0.5) is 9.18 Å². The van der Waals surface area contributed by atoms with Crippen molar-refractivity contribution in [3.8, 4) is 0 Å². The van der Waals surface area contributed by atoms with Gasteiger partial charge >= 0.3 is 12.1 Å². The molecule has 1 aromatic carbocycles. The highest BCUT2D eigenvalue weighted by Gasteiger charge is 2.38. The van der Waals surface area contributed by atoms with Crippen molar-refractivity contribution in [3.63, 3.8) is 0 Å². The van der Waals surface area contributed by atoms with Crippen LogP contribution in [0.15, 0.2) is 30.3 Å². The van der Waals surface area contributed by atoms with E-state index in [0.717, 1.165) is 0 Å². The van der Waals surface area contributed by atoms with Crippen LogP contribution < -0.4 is 16.4 Å². The Morgan fingerprint density at radius 2 is 1.83 bits per heavy atom. The Balaban J connectivity index is 2.81. The molecule has 29 heavy (non-hydrogen) atoms. The summed E-state index contributed by atoms with van der Waals surface area (Å²) in [6, 6.07) is 6.83. The lowest BCUT2D eigenvalue weighted by atomic mass is 10.0. The molecule has 0 saturated heterocycles. The molecule has 0 heterocycles. The first-order valence-corrected chi connectivity index (χ1v) is 8.56. The van der Waals surface area contributed by atoms with Gasteiger partial charge in [-0.25, -0.2) is 9.18 Å². The van der Waals surface area contributed by atoms with E-state index in [1.165, 1.54) is 6.92 Å². The molecule has 0 saturated carbocycles. The predicted octanol–water partition coefficient (Wildman–Crippen LogP) is 0.0450. The van der Waals surface area contributed by atoms with Gasteiger partial charge in [0.05, 0.1) is 6.42 Å². The second-order valence-electron chi connectivity index (χ2n) is 6.06. The largest absolute Gasteiger partial charge is 0.481 e. The summed E-state index contributed by atoms with van der Waals surface area (Å²) in [6.45, 7) is -0.298. The van der Waals surface area contributed by atoms with E-state index >= 15 is 0 Å². The van der Waals surface area contributed by atoms with Gasteiger partial charge in [0, 0.05) is 0 Å². The summed E-state index contributed by atoms with van der Waals surface area (Å²) in [5.74, 6) is -5.56. The third-order valence-corrected chi connectivity index (χ3v) is 3.90. The van der Waals surface area contributed by atoms with E-state index in [1.54, 1.807) is 30.3 Å². The number of carbonyl (C=O) groups excluding carboxylic acids is 4. The fourth-order valence-electron chi connectivity index (χ4n) is 2.18. The molecule has 0 spiro atoms. The minimum Gasteiger partial charge on any atom is -0.481 e. The summed E-state index contributed by atoms with van der Waals surface area (Å²) in [4.78, 5) is 58.4. The average molecular weight is 411 g/mol. The number of benzene rings is 1. The number of nitrogens with two attached hydrogens (primary N) is 1. The number of alkyl halides is 1. The van der Waals surface area contributed by atoms with Gasteiger partial charge < -0.3 is 20.9 Å². The monoisotopic (exact) mass is 411 g/mol. The first kappa shape index (κ1) is 23.7. The van der Waals surface area contributed by atoms with Crippen molar-refractivity contribution in [1.29, 1.82) is 0 Å². The maximum absolute atomic E-state index is 12.5. The third-order valence-electron chi connectivity index (χ3n) is 3.90. The second-order valence-corrected chi connectivity index (χ2v) is 6.06. The topological polar surface area (TPSA) is 165 Å². The molecule has 2 amide bonds. The normalized spacial score (nSPS) is 13.5. The van der Waals surface area contributed by atoms with E-state index in [1.807, 2.05) is 5.32 Å². The number of ketones is 2. The number of ether oxygens (including phenoxy) is 1. The van der Waals surface area contributed by atoms with E-state index in [9.17, 15) is 28.4 Å². The summed E-state index contributed by atoms with van der Waals surface area (Å²) < 4.78 is 17.4. The van der Waals surface area contributed by atoms with Crippen LogP contribution in [0, 0.1) is 0 Å². The van der Waals surface area contributed by atoms with Crippen molar-refractivity contribution in [3.05, 3.63) is 35.9 Å². The molecule has 11 heteroatoms. The van der Waals surface area contributed by atoms with Crippen LogP contribution in [0.2, 0.25) is 0 Å². The SMILES string of the molecule is CCC(N)(NC(=O)OCc1ccccc1)C(=O)NC(CC(=O)O)C(=O)C(=O)CF. The summed E-state index contributed by atoms with van der Waals surface area (Å²) in [5, 5.41) is 13.0. The summed E-state index contributed by atoms with van der Waals surface area (Å²) in [7, 11) is 0. The van der Waals surface area contributed by atoms with Crippen LogP contribution in [0.5, 0.6) is 0 Å². The molecule has 1 rings (SSSR count). The Morgan fingerprint density at radius 3 is 2.34 bits per heavy atom. The van der Waals surface area contributed by atoms with Crippen LogP contribution in [-0.2, 0) is 30.5 Å². The molecule has 1 aromatic rings. The number of alkyl carbamates (subject to hydrolysis) is 1. The minimum absolute atomic E-state index is 0.0980. The number of carboxylic acid groups (broad SMARTS) is 1. The van der Waals surface area contributed by atoms with E-state index in [-0.39, 0.29) is 13.0 Å². The van der Waals surface area contributed by atoms with Gasteiger partial charge in [-0.3, -0.25) is 24.5 Å². The predicted molar refractivity (Wildman–Crippen MR) is 97.1 cm³/mol. The highest BCUT2D eigenvalue weighted by molar-refractivity contribution is 6.40. The molecule has 0 aromatic heterocycles. The smallest absolute Gasteiger partial charge is 0.409 e. The van der Waals surface area contributed by atoms with Crippen LogP contribution in [0.3, 0.4) is 0 Å². The van der Waals surface area contributed by atoms with Crippen LogP contribution in [-0.4, -0.2) is 53.0 Å². The standard InChI is InChI=1S/C18H22FN3O7/c1-2-18(20,22-17(28)29-10-11-6-4-3-5-7-11)16(27)21-12(8-14(24)25)15(26)13(23)9-19/h3-7,12H,2,8-10,20H2,1H3,(H,21,27)(H,22,28)(H,24,25). The summed E-state index contributed by atoms with van der Waals surface area (Å²) >= 11 is 0. The van der Waals surface area contributed by atoms with Gasteiger partial charge in [0.1, 0.15) is 12.6 Å². The highest BCUT2D eigenvalue weighted by Crippen LogP contribution is 2.07. The molecule has 2 atom stereocenters. The first-order chi connectivity index (χ1) is 13.6. The van der Waals surface area contributed by atoms with Gasteiger partial charge in [-0.2, -0.15) is 0 Å². The molecule has 0 bridgehead atoms. The molecule has 5 N–H and O–H groups in total. The molecule has 0 aliphatic heterocycles. The van der Waals surface area contributed by atoms with E-state index < -0.39 is 54.3 Å². The van der Waals surface area contributed by atoms with Gasteiger partial charge in [0.25, 0.3) is 5.91 Å². The van der Waals surface area contributed by atoms with Gasteiger partial charge in [0.2, 0.25) is 11.6 Å². The molecule has 0 aliphatic carbocycles. The molecule has 0 aliphatic rings. The zero-order valence-corrected chi connectivity index (χ0v) is 15.6. The number of aliphatic carboxylic acids is 1. The number of Topliss-reactive ketones (excluding diaryl/α,β-unsaturated/α-hetero) is 2. The van der Waals surface area contributed by atoms with Crippen molar-refractivity contribution in [2.75, 3.05) is 6.67 Å². The van der Waals surface area contributed by atoms with Crippen molar-refractivity contribution in [1.82, 2.24) is 10.6 Å². The lowest BCUT2D eigenvalue weighted by Gasteiger charge is -2.29. The van der Waals surface area contributed by atoms with Gasteiger partial charge in [-0.1, -0.05) is 37.3 Å². The Bertz CT molecular complexity index is 772. The number of carboxylic acids is 1. The lowest BCUT2D eigenvalue weighted by Crippen LogP contribution is -2.66. The summed E-state index contributed by atoms with van der Waals surface area (Å²) in [6.07, 6.45) is -2.16. The number of hydrogen-bond acceptors (Lipinski definition) is 7. The summed E-state index contributed by atoms with van der Waals surface area (Å²) in [5.41, 5.74) is 4.47. The fourth-order valence-corrected chi connectivity index (χ4v) is 2.18. The van der Waals surface area contributed by atoms with Crippen LogP contribution >= 0.6 is 0 Å². The van der Waals surface area contributed by atoms with Crippen LogP contribution in [0.25, 0.3) is 0 Å². The van der Waals surface area contributed by atoms with Crippen molar-refractivity contribution in [2.45, 2.75) is 38.1 Å². The van der Waals surface area contributed by atoms with Gasteiger partial charge in [-0.15, -0.1) is 0 Å². The van der Waals surface area contributed by atoms with Crippen molar-refractivity contribution < 1.29 is 38.2 Å². The highest BCUT2D eigenvalue weighted by atomic mass is 19.1. The van der Waals surface area contributed by atoms with Crippen molar-refractivity contribution >= 4 is 29.5 Å². The number of halogens is 1. The number of carbonyl (C=O) groups is 5. The van der Waals surface area contributed by atoms with E-state index in [0.29, 0.717) is 5.56 Å². The van der Waals surface area contributed by atoms with Gasteiger partial charge in [0.15, 0.2) is 12.3 Å². The molecule has 0 radical (unpaired) electrons. The number of nitrogens with one attached hydrogen (secondary N) is 2. The Labute approximate surface area is 165 Å². The second kappa shape index (κ2) is 10.9. The maximum Gasteiger partial charge on any atom is 0.409 e. The molecule has 2 unspecified atom stereocenters.